The number of nitrogens with zero attached hydrogens (tertiary/aromatic N) is 2. The number of rotatable bonds is 12. The second-order valence-electron chi connectivity index (χ2n) is 15.4. The predicted molar refractivity (Wildman–Crippen MR) is 233 cm³/mol. The Bertz CT molecular complexity index is 2290. The average molecular weight is 703 g/mol. The highest BCUT2D eigenvalue weighted by Gasteiger charge is 2.29. The molecule has 274 valence electrons. The lowest BCUT2D eigenvalue weighted by atomic mass is 9.83. The van der Waals surface area contributed by atoms with Gasteiger partial charge in [-0.15, -0.1) is 13.2 Å². The third kappa shape index (κ3) is 8.75. The highest BCUT2D eigenvalue weighted by Crippen LogP contribution is 2.41. The smallest absolute Gasteiger partial charge is 0.112 e. The number of anilines is 1. The molecule has 2 atom stereocenters. The Morgan fingerprint density at radius 2 is 1.34 bits per heavy atom. The second-order valence-corrected chi connectivity index (χ2v) is 15.4. The molecular weight excluding hydrogens is 645 g/mol. The number of hydrogen-bond donors (Lipinski definition) is 1. The van der Waals surface area contributed by atoms with E-state index in [0.717, 1.165) is 64.4 Å². The van der Waals surface area contributed by atoms with Gasteiger partial charge in [-0.25, -0.2) is 0 Å². The Kier molecular flexibility index (Phi) is 12.3. The number of benzene rings is 5. The van der Waals surface area contributed by atoms with E-state index in [0.29, 0.717) is 5.92 Å². The molecule has 2 unspecified atom stereocenters. The molecule has 3 heteroatoms. The minimum absolute atomic E-state index is 0.332. The van der Waals surface area contributed by atoms with Crippen molar-refractivity contribution in [1.29, 1.82) is 0 Å². The molecule has 1 N–H and O–H groups in total. The Labute approximate surface area is 318 Å². The van der Waals surface area contributed by atoms with Crippen LogP contribution in [-0.2, 0) is 12.1 Å². The molecule has 0 radical (unpaired) electrons. The molecule has 0 amide bonds. The molecule has 0 aliphatic carbocycles. The van der Waals surface area contributed by atoms with Crippen LogP contribution in [0, 0.1) is 0 Å². The van der Waals surface area contributed by atoms with Crippen molar-refractivity contribution < 1.29 is 5.11 Å². The van der Waals surface area contributed by atoms with Crippen molar-refractivity contribution in [3.8, 4) is 0 Å². The Hall–Kier alpha value is -5.12. The van der Waals surface area contributed by atoms with Crippen molar-refractivity contribution in [1.82, 2.24) is 4.57 Å². The third-order valence-corrected chi connectivity index (χ3v) is 10.1. The zero-order valence-electron chi connectivity index (χ0n) is 33.3. The van der Waals surface area contributed by atoms with E-state index in [1.54, 1.807) is 0 Å². The highest BCUT2D eigenvalue weighted by molar-refractivity contribution is 6.09. The van der Waals surface area contributed by atoms with E-state index in [-0.39, 0.29) is 0 Å². The zero-order valence-corrected chi connectivity index (χ0v) is 33.3. The minimum atomic E-state index is -1.20. The van der Waals surface area contributed by atoms with Crippen molar-refractivity contribution in [2.24, 2.45) is 0 Å². The van der Waals surface area contributed by atoms with Crippen LogP contribution in [0.25, 0.3) is 38.2 Å². The van der Waals surface area contributed by atoms with Crippen LogP contribution < -0.4 is 4.90 Å². The van der Waals surface area contributed by atoms with E-state index in [1.165, 1.54) is 44.3 Å². The third-order valence-electron chi connectivity index (χ3n) is 10.1. The maximum atomic E-state index is 12.4. The van der Waals surface area contributed by atoms with Gasteiger partial charge < -0.3 is 14.6 Å². The lowest BCUT2D eigenvalue weighted by molar-refractivity contribution is 0.104. The second kappa shape index (κ2) is 16.7. The molecule has 53 heavy (non-hydrogen) atoms. The fraction of sp³-hybridized carbons (Fsp3) is 0.280. The molecule has 1 heterocycles. The molecule has 0 saturated carbocycles. The molecule has 6 rings (SSSR count). The van der Waals surface area contributed by atoms with E-state index in [1.807, 2.05) is 20.8 Å². The standard InChI is InChI=1S/C46H50N2O.C4H8/c1-9-48-44-24-21-35(34(20-19-31(2)3)28-36(27-32(4)5)33-15-11-10-12-16-33)29-40(44)41-30-37(22-25-45(41)48)46(6,49)42-23-26-43(47(7)8)39-18-14-13-17-38(39)42;1-4(2)3/h10-18,20-26,29-30,36,49H,2,4,9,19,27-28H2,1,3,5-8H3;1H2,2-3H3/b34-20+;. The number of hydrogen-bond acceptors (Lipinski definition) is 2. The molecule has 0 saturated heterocycles. The summed E-state index contributed by atoms with van der Waals surface area (Å²) in [4.78, 5) is 2.13. The van der Waals surface area contributed by atoms with E-state index in [9.17, 15) is 5.11 Å². The summed E-state index contributed by atoms with van der Waals surface area (Å²) < 4.78 is 2.39. The van der Waals surface area contributed by atoms with Gasteiger partial charge in [0.15, 0.2) is 0 Å². The summed E-state index contributed by atoms with van der Waals surface area (Å²) in [6, 6.07) is 36.9. The normalized spacial score (nSPS) is 13.3. The zero-order chi connectivity index (χ0) is 38.4. The van der Waals surface area contributed by atoms with Crippen LogP contribution in [0.15, 0.2) is 146 Å². The van der Waals surface area contributed by atoms with Crippen LogP contribution in [-0.4, -0.2) is 23.8 Å². The van der Waals surface area contributed by atoms with Gasteiger partial charge in [0.25, 0.3) is 0 Å². The van der Waals surface area contributed by atoms with Crippen molar-refractivity contribution in [2.45, 2.75) is 78.9 Å². The van der Waals surface area contributed by atoms with Gasteiger partial charge in [-0.1, -0.05) is 102 Å². The van der Waals surface area contributed by atoms with Gasteiger partial charge in [-0.3, -0.25) is 0 Å². The van der Waals surface area contributed by atoms with Gasteiger partial charge in [0.1, 0.15) is 5.60 Å². The fourth-order valence-electron chi connectivity index (χ4n) is 7.54. The number of aliphatic hydroxyl groups is 1. The molecule has 5 aromatic carbocycles. The number of fused-ring (bicyclic) bond motifs is 4. The van der Waals surface area contributed by atoms with E-state index < -0.39 is 5.60 Å². The van der Waals surface area contributed by atoms with Crippen molar-refractivity contribution in [2.75, 3.05) is 19.0 Å². The van der Waals surface area contributed by atoms with Crippen molar-refractivity contribution in [3.63, 3.8) is 0 Å². The van der Waals surface area contributed by atoms with Gasteiger partial charge in [-0.05, 0) is 130 Å². The lowest BCUT2D eigenvalue weighted by Crippen LogP contribution is -2.23. The van der Waals surface area contributed by atoms with Gasteiger partial charge in [0, 0.05) is 53.5 Å². The average Bonchev–Trinajstić information content (AvgIpc) is 3.44. The van der Waals surface area contributed by atoms with Crippen LogP contribution in [0.3, 0.4) is 0 Å². The van der Waals surface area contributed by atoms with Gasteiger partial charge in [-0.2, -0.15) is 0 Å². The molecule has 0 aliphatic heterocycles. The molecular formula is C50H58N2O. The monoisotopic (exact) mass is 702 g/mol. The van der Waals surface area contributed by atoms with E-state index in [4.69, 9.17) is 0 Å². The van der Waals surface area contributed by atoms with Crippen LogP contribution in [0.1, 0.15) is 89.0 Å². The first-order valence-corrected chi connectivity index (χ1v) is 18.9. The Morgan fingerprint density at radius 3 is 1.94 bits per heavy atom. The summed E-state index contributed by atoms with van der Waals surface area (Å²) >= 11 is 0. The lowest BCUT2D eigenvalue weighted by Gasteiger charge is -2.28. The minimum Gasteiger partial charge on any atom is -0.381 e. The topological polar surface area (TPSA) is 28.4 Å². The van der Waals surface area contributed by atoms with E-state index in [2.05, 4.69) is 173 Å². The summed E-state index contributed by atoms with van der Waals surface area (Å²) in [5, 5.41) is 16.9. The maximum absolute atomic E-state index is 12.4. The molecule has 0 bridgehead atoms. The number of allylic oxidation sites excluding steroid dienone is 5. The van der Waals surface area contributed by atoms with Crippen LogP contribution in [0.5, 0.6) is 0 Å². The highest BCUT2D eigenvalue weighted by atomic mass is 16.3. The molecule has 0 spiro atoms. The first-order chi connectivity index (χ1) is 25.2. The summed E-state index contributed by atoms with van der Waals surface area (Å²) in [5.41, 5.74) is 11.5. The van der Waals surface area contributed by atoms with Gasteiger partial charge in [0.05, 0.1) is 0 Å². The largest absolute Gasteiger partial charge is 0.381 e. The quantitative estimate of drug-likeness (QED) is 0.129. The Morgan fingerprint density at radius 1 is 0.736 bits per heavy atom. The number of aryl methyl sites for hydroxylation is 1. The van der Waals surface area contributed by atoms with Gasteiger partial charge >= 0.3 is 0 Å². The van der Waals surface area contributed by atoms with Crippen molar-refractivity contribution >= 4 is 43.8 Å². The molecule has 0 fully saturated rings. The Balaban J connectivity index is 0.00000129. The molecule has 6 aromatic rings. The molecule has 1 aromatic heterocycles. The number of aromatic nitrogens is 1. The van der Waals surface area contributed by atoms with Crippen molar-refractivity contribution in [3.05, 3.63) is 168 Å². The fourth-order valence-corrected chi connectivity index (χ4v) is 7.54. The summed E-state index contributed by atoms with van der Waals surface area (Å²) in [6.07, 6.45) is 5.06. The molecule has 0 aliphatic rings. The maximum Gasteiger partial charge on any atom is 0.112 e. The first kappa shape index (κ1) is 39.1. The van der Waals surface area contributed by atoms with E-state index >= 15 is 0 Å². The van der Waals surface area contributed by atoms with Crippen LogP contribution in [0.4, 0.5) is 5.69 Å². The molecule has 3 nitrogen and oxygen atoms in total. The first-order valence-electron chi connectivity index (χ1n) is 18.9. The summed E-state index contributed by atoms with van der Waals surface area (Å²) in [5.74, 6) is 0.332. The van der Waals surface area contributed by atoms with Crippen LogP contribution >= 0.6 is 0 Å². The van der Waals surface area contributed by atoms with Crippen LogP contribution in [0.2, 0.25) is 0 Å². The van der Waals surface area contributed by atoms with Gasteiger partial charge in [0.2, 0.25) is 0 Å². The SMILES string of the molecule is C=C(C)C.C=C(C)C/C=C(\CC(CC(=C)C)c1ccccc1)c1ccc2c(c1)c1cc(C(C)(O)c3ccc(N(C)C)c4ccccc34)ccc1n2CC. The predicted octanol–water partition coefficient (Wildman–Crippen LogP) is 13.4. The summed E-state index contributed by atoms with van der Waals surface area (Å²) in [7, 11) is 4.12. The summed E-state index contributed by atoms with van der Waals surface area (Å²) in [6.45, 7) is 25.2.